The number of aryl methyl sites for hydroxylation is 1. The zero-order valence-corrected chi connectivity index (χ0v) is 13.4. The lowest BCUT2D eigenvalue weighted by atomic mass is 10.2. The minimum atomic E-state index is -0.256. The molecule has 126 valence electrons. The van der Waals surface area contributed by atoms with E-state index in [1.54, 1.807) is 25.3 Å². The molecule has 1 saturated heterocycles. The Morgan fingerprint density at radius 2 is 2.42 bits per heavy atom. The zero-order chi connectivity index (χ0) is 16.9. The van der Waals surface area contributed by atoms with Crippen LogP contribution >= 0.6 is 0 Å². The van der Waals surface area contributed by atoms with Crippen molar-refractivity contribution in [2.75, 3.05) is 31.1 Å². The molecule has 3 heterocycles. The summed E-state index contributed by atoms with van der Waals surface area (Å²) in [4.78, 5) is 22.5. The SMILES string of the molecule is C=CCNC(=O)c1ccc(N2CCOC(c3noc(C)n3)C2)nc1. The average molecular weight is 329 g/mol. The number of nitrogens with one attached hydrogen (secondary N) is 1. The smallest absolute Gasteiger partial charge is 0.253 e. The third kappa shape index (κ3) is 3.60. The average Bonchev–Trinajstić information content (AvgIpc) is 3.06. The van der Waals surface area contributed by atoms with E-state index in [9.17, 15) is 4.79 Å². The highest BCUT2D eigenvalue weighted by Gasteiger charge is 2.26. The molecule has 0 radical (unpaired) electrons. The van der Waals surface area contributed by atoms with Crippen molar-refractivity contribution in [2.24, 2.45) is 0 Å². The summed E-state index contributed by atoms with van der Waals surface area (Å²) in [5.41, 5.74) is 0.513. The molecule has 0 saturated carbocycles. The molecule has 0 bridgehead atoms. The van der Waals surface area contributed by atoms with Crippen LogP contribution in [0.3, 0.4) is 0 Å². The van der Waals surface area contributed by atoms with Crippen LogP contribution in [0.15, 0.2) is 35.5 Å². The quantitative estimate of drug-likeness (QED) is 0.826. The standard InChI is InChI=1S/C16H19N5O3/c1-3-6-17-16(22)12-4-5-14(18-9-12)21-7-8-23-13(10-21)15-19-11(2)24-20-15/h3-5,9,13H,1,6-8,10H2,2H3,(H,17,22). The first-order valence-corrected chi connectivity index (χ1v) is 7.69. The maximum Gasteiger partial charge on any atom is 0.253 e. The molecule has 0 aliphatic carbocycles. The van der Waals surface area contributed by atoms with Crippen molar-refractivity contribution in [1.82, 2.24) is 20.4 Å². The number of ether oxygens (including phenoxy) is 1. The summed E-state index contributed by atoms with van der Waals surface area (Å²) in [5.74, 6) is 1.66. The van der Waals surface area contributed by atoms with Gasteiger partial charge >= 0.3 is 0 Å². The van der Waals surface area contributed by atoms with Crippen molar-refractivity contribution in [3.8, 4) is 0 Å². The summed E-state index contributed by atoms with van der Waals surface area (Å²) in [6.45, 7) is 7.57. The molecule has 0 aromatic carbocycles. The van der Waals surface area contributed by atoms with Gasteiger partial charge in [0.1, 0.15) is 11.9 Å². The van der Waals surface area contributed by atoms with E-state index in [2.05, 4.69) is 31.9 Å². The van der Waals surface area contributed by atoms with Crippen molar-refractivity contribution in [3.05, 3.63) is 48.3 Å². The molecule has 24 heavy (non-hydrogen) atoms. The normalized spacial score (nSPS) is 17.5. The third-order valence-electron chi connectivity index (χ3n) is 3.64. The lowest BCUT2D eigenvalue weighted by Gasteiger charge is -2.32. The van der Waals surface area contributed by atoms with Crippen molar-refractivity contribution in [3.63, 3.8) is 0 Å². The summed E-state index contributed by atoms with van der Waals surface area (Å²) >= 11 is 0. The van der Waals surface area contributed by atoms with Crippen LogP contribution in [-0.2, 0) is 4.74 Å². The van der Waals surface area contributed by atoms with Gasteiger partial charge in [-0.15, -0.1) is 6.58 Å². The Morgan fingerprint density at radius 1 is 1.54 bits per heavy atom. The minimum absolute atomic E-state index is 0.170. The van der Waals surface area contributed by atoms with Crippen molar-refractivity contribution in [2.45, 2.75) is 13.0 Å². The Labute approximate surface area is 139 Å². The maximum absolute atomic E-state index is 11.9. The van der Waals surface area contributed by atoms with Gasteiger partial charge < -0.3 is 19.5 Å². The molecule has 1 aliphatic rings. The predicted octanol–water partition coefficient (Wildman–Crippen LogP) is 1.27. The largest absolute Gasteiger partial charge is 0.366 e. The minimum Gasteiger partial charge on any atom is -0.366 e. The van der Waals surface area contributed by atoms with Gasteiger partial charge in [-0.1, -0.05) is 11.2 Å². The fourth-order valence-electron chi connectivity index (χ4n) is 2.43. The summed E-state index contributed by atoms with van der Waals surface area (Å²) < 4.78 is 10.7. The number of nitrogens with zero attached hydrogens (tertiary/aromatic N) is 4. The number of hydrogen-bond donors (Lipinski definition) is 1. The van der Waals surface area contributed by atoms with Crippen LogP contribution in [0, 0.1) is 6.92 Å². The summed E-state index contributed by atoms with van der Waals surface area (Å²) in [6, 6.07) is 3.58. The van der Waals surface area contributed by atoms with E-state index in [-0.39, 0.29) is 12.0 Å². The van der Waals surface area contributed by atoms with Gasteiger partial charge in [0.15, 0.2) is 0 Å². The fraction of sp³-hybridized carbons (Fsp3) is 0.375. The van der Waals surface area contributed by atoms with Crippen molar-refractivity contribution >= 4 is 11.7 Å². The number of carbonyl (C=O) groups excluding carboxylic acids is 1. The monoisotopic (exact) mass is 329 g/mol. The van der Waals surface area contributed by atoms with Crippen LogP contribution in [0.2, 0.25) is 0 Å². The molecular weight excluding hydrogens is 310 g/mol. The van der Waals surface area contributed by atoms with Gasteiger partial charge in [-0.2, -0.15) is 4.98 Å². The number of morpholine rings is 1. The number of carbonyl (C=O) groups is 1. The molecule has 1 fully saturated rings. The number of aromatic nitrogens is 3. The number of pyridine rings is 1. The third-order valence-corrected chi connectivity index (χ3v) is 3.64. The molecule has 2 aromatic rings. The fourth-order valence-corrected chi connectivity index (χ4v) is 2.43. The Hall–Kier alpha value is -2.74. The Kier molecular flexibility index (Phi) is 4.85. The van der Waals surface area contributed by atoms with Crippen LogP contribution in [0.25, 0.3) is 0 Å². The molecule has 1 unspecified atom stereocenters. The maximum atomic E-state index is 11.9. The summed E-state index contributed by atoms with van der Waals surface area (Å²) in [7, 11) is 0. The van der Waals surface area contributed by atoms with Crippen LogP contribution < -0.4 is 10.2 Å². The molecule has 1 aliphatic heterocycles. The van der Waals surface area contributed by atoms with Crippen LogP contribution in [0.4, 0.5) is 5.82 Å². The number of amides is 1. The molecule has 2 aromatic heterocycles. The number of rotatable bonds is 5. The van der Waals surface area contributed by atoms with E-state index in [0.29, 0.717) is 43.5 Å². The van der Waals surface area contributed by atoms with E-state index in [0.717, 1.165) is 5.82 Å². The second-order valence-electron chi connectivity index (χ2n) is 5.38. The molecule has 1 atom stereocenters. The van der Waals surface area contributed by atoms with E-state index in [1.165, 1.54) is 0 Å². The first kappa shape index (κ1) is 16.1. The molecule has 1 N–H and O–H groups in total. The van der Waals surface area contributed by atoms with E-state index >= 15 is 0 Å². The first-order valence-electron chi connectivity index (χ1n) is 7.69. The second kappa shape index (κ2) is 7.22. The molecule has 8 heteroatoms. The van der Waals surface area contributed by atoms with E-state index in [4.69, 9.17) is 9.26 Å². The van der Waals surface area contributed by atoms with Gasteiger partial charge in [0, 0.05) is 26.2 Å². The highest BCUT2D eigenvalue weighted by molar-refractivity contribution is 5.94. The molecule has 1 amide bonds. The van der Waals surface area contributed by atoms with Crippen molar-refractivity contribution in [1.29, 1.82) is 0 Å². The van der Waals surface area contributed by atoms with E-state index < -0.39 is 0 Å². The number of anilines is 1. The Morgan fingerprint density at radius 3 is 3.08 bits per heavy atom. The summed E-state index contributed by atoms with van der Waals surface area (Å²) in [6.07, 6.45) is 2.94. The van der Waals surface area contributed by atoms with Crippen LogP contribution in [0.5, 0.6) is 0 Å². The van der Waals surface area contributed by atoms with Crippen LogP contribution in [-0.4, -0.2) is 47.3 Å². The number of hydrogen-bond acceptors (Lipinski definition) is 7. The molecular formula is C16H19N5O3. The lowest BCUT2D eigenvalue weighted by molar-refractivity contribution is 0.0323. The lowest BCUT2D eigenvalue weighted by Crippen LogP contribution is -2.39. The van der Waals surface area contributed by atoms with Crippen LogP contribution in [0.1, 0.15) is 28.2 Å². The van der Waals surface area contributed by atoms with Gasteiger partial charge in [-0.05, 0) is 12.1 Å². The van der Waals surface area contributed by atoms with Crippen molar-refractivity contribution < 1.29 is 14.1 Å². The van der Waals surface area contributed by atoms with Gasteiger partial charge in [0.25, 0.3) is 5.91 Å². The highest BCUT2D eigenvalue weighted by Crippen LogP contribution is 2.23. The zero-order valence-electron chi connectivity index (χ0n) is 13.4. The summed E-state index contributed by atoms with van der Waals surface area (Å²) in [5, 5.41) is 6.64. The molecule has 8 nitrogen and oxygen atoms in total. The van der Waals surface area contributed by atoms with Gasteiger partial charge in [-0.25, -0.2) is 4.98 Å². The Bertz CT molecular complexity index is 713. The van der Waals surface area contributed by atoms with Gasteiger partial charge in [0.2, 0.25) is 11.7 Å². The predicted molar refractivity (Wildman–Crippen MR) is 86.7 cm³/mol. The second-order valence-corrected chi connectivity index (χ2v) is 5.38. The topological polar surface area (TPSA) is 93.4 Å². The highest BCUT2D eigenvalue weighted by atomic mass is 16.5. The van der Waals surface area contributed by atoms with E-state index in [1.807, 2.05) is 6.07 Å². The Balaban J connectivity index is 1.67. The molecule has 3 rings (SSSR count). The molecule has 0 spiro atoms. The van der Waals surface area contributed by atoms with Gasteiger partial charge in [0.05, 0.1) is 18.7 Å². The van der Waals surface area contributed by atoms with Gasteiger partial charge in [-0.3, -0.25) is 4.79 Å². The first-order chi connectivity index (χ1) is 11.7.